The minimum absolute atomic E-state index is 0.215. The molecule has 0 amide bonds. The van der Waals surface area contributed by atoms with Crippen molar-refractivity contribution in [3.05, 3.63) is 102 Å². The number of nitrogens with zero attached hydrogens (tertiary/aromatic N) is 2. The fourth-order valence-electron chi connectivity index (χ4n) is 4.19. The maximum atomic E-state index is 13.5. The summed E-state index contributed by atoms with van der Waals surface area (Å²) in [6, 6.07) is 19.8. The van der Waals surface area contributed by atoms with Crippen molar-refractivity contribution in [2.24, 2.45) is 0 Å². The molecule has 5 rings (SSSR count). The molecule has 0 atom stereocenters. The lowest BCUT2D eigenvalue weighted by molar-refractivity contribution is -0.141. The highest BCUT2D eigenvalue weighted by atomic mass is 16.5. The second-order valence-electron chi connectivity index (χ2n) is 7.20. The van der Waals surface area contributed by atoms with Crippen LogP contribution in [-0.4, -0.2) is 15.9 Å². The quantitative estimate of drug-likeness (QED) is 0.400. The summed E-state index contributed by atoms with van der Waals surface area (Å²) in [5.74, 6) is 0.422. The highest BCUT2D eigenvalue weighted by Gasteiger charge is 2.46. The number of pyridine rings is 2. The monoisotopic (exact) mass is 366 g/mol. The van der Waals surface area contributed by atoms with Gasteiger partial charge in [0.2, 0.25) is 0 Å². The zero-order valence-corrected chi connectivity index (χ0v) is 15.2. The number of hydrogen-bond donors (Lipinski definition) is 0. The second-order valence-corrected chi connectivity index (χ2v) is 7.20. The van der Waals surface area contributed by atoms with E-state index in [2.05, 4.69) is 28.2 Å². The molecule has 136 valence electrons. The van der Waals surface area contributed by atoms with Crippen molar-refractivity contribution in [3.8, 4) is 5.75 Å². The minimum Gasteiger partial charge on any atom is -0.425 e. The van der Waals surface area contributed by atoms with Gasteiger partial charge in [-0.2, -0.15) is 0 Å². The lowest BCUT2D eigenvalue weighted by atomic mass is 9.69. The number of aromatic nitrogens is 2. The zero-order chi connectivity index (χ0) is 19.0. The Kier molecular flexibility index (Phi) is 3.90. The van der Waals surface area contributed by atoms with E-state index in [0.717, 1.165) is 27.5 Å². The van der Waals surface area contributed by atoms with Crippen LogP contribution < -0.4 is 4.74 Å². The van der Waals surface area contributed by atoms with Crippen molar-refractivity contribution in [2.75, 3.05) is 0 Å². The van der Waals surface area contributed by atoms with Crippen LogP contribution in [0.4, 0.5) is 0 Å². The molecule has 3 heterocycles. The van der Waals surface area contributed by atoms with Crippen LogP contribution in [0.2, 0.25) is 0 Å². The first-order chi connectivity index (χ1) is 13.8. The Morgan fingerprint density at radius 2 is 1.32 bits per heavy atom. The third kappa shape index (κ3) is 2.65. The molecule has 0 radical (unpaired) electrons. The third-order valence-corrected chi connectivity index (χ3v) is 5.49. The van der Waals surface area contributed by atoms with Crippen LogP contribution in [-0.2, 0) is 23.1 Å². The number of carbonyl (C=O) groups excluding carboxylic acids is 1. The molecule has 0 spiro atoms. The molecule has 28 heavy (non-hydrogen) atoms. The largest absolute Gasteiger partial charge is 0.425 e. The van der Waals surface area contributed by atoms with Crippen molar-refractivity contribution >= 4 is 16.7 Å². The number of rotatable bonds is 4. The van der Waals surface area contributed by atoms with E-state index in [1.165, 1.54) is 0 Å². The summed E-state index contributed by atoms with van der Waals surface area (Å²) in [5, 5.41) is 2.10. The van der Waals surface area contributed by atoms with Crippen LogP contribution in [0.3, 0.4) is 0 Å². The first-order valence-corrected chi connectivity index (χ1v) is 9.29. The molecule has 0 saturated heterocycles. The molecule has 0 aliphatic carbocycles. The maximum Gasteiger partial charge on any atom is 0.322 e. The molecule has 4 nitrogen and oxygen atoms in total. The van der Waals surface area contributed by atoms with E-state index in [-0.39, 0.29) is 5.97 Å². The molecule has 0 unspecified atom stereocenters. The van der Waals surface area contributed by atoms with Crippen molar-refractivity contribution < 1.29 is 9.53 Å². The molecular weight excluding hydrogens is 348 g/mol. The fourth-order valence-corrected chi connectivity index (χ4v) is 4.19. The average Bonchev–Trinajstić information content (AvgIpc) is 2.74. The summed E-state index contributed by atoms with van der Waals surface area (Å²) >= 11 is 0. The van der Waals surface area contributed by atoms with Gasteiger partial charge >= 0.3 is 5.97 Å². The molecular formula is C24H18N2O2. The van der Waals surface area contributed by atoms with Crippen LogP contribution in [0.1, 0.15) is 16.7 Å². The van der Waals surface area contributed by atoms with Gasteiger partial charge in [-0.15, -0.1) is 0 Å². The zero-order valence-electron chi connectivity index (χ0n) is 15.2. The maximum absolute atomic E-state index is 13.5. The third-order valence-electron chi connectivity index (χ3n) is 5.49. The van der Waals surface area contributed by atoms with Gasteiger partial charge in [-0.05, 0) is 65.3 Å². The molecule has 1 aliphatic heterocycles. The number of ether oxygens (including phenoxy) is 1. The summed E-state index contributed by atoms with van der Waals surface area (Å²) in [5.41, 5.74) is 2.32. The average molecular weight is 366 g/mol. The van der Waals surface area contributed by atoms with Gasteiger partial charge in [0.25, 0.3) is 0 Å². The fraction of sp³-hybridized carbons (Fsp3) is 0.125. The minimum atomic E-state index is -0.809. The summed E-state index contributed by atoms with van der Waals surface area (Å²) in [7, 11) is 0. The van der Waals surface area contributed by atoms with Crippen LogP contribution in [0, 0.1) is 0 Å². The Balaban J connectivity index is 1.75. The molecule has 4 heteroatoms. The van der Waals surface area contributed by atoms with Crippen molar-refractivity contribution in [3.63, 3.8) is 0 Å². The molecule has 4 aromatic rings. The number of benzene rings is 2. The highest BCUT2D eigenvalue weighted by molar-refractivity contribution is 6.02. The Morgan fingerprint density at radius 1 is 0.750 bits per heavy atom. The lowest BCUT2D eigenvalue weighted by Crippen LogP contribution is -2.45. The van der Waals surface area contributed by atoms with E-state index < -0.39 is 5.41 Å². The van der Waals surface area contributed by atoms with Gasteiger partial charge < -0.3 is 4.74 Å². The molecule has 1 aliphatic rings. The highest BCUT2D eigenvalue weighted by Crippen LogP contribution is 2.45. The molecule has 2 aromatic carbocycles. The summed E-state index contributed by atoms with van der Waals surface area (Å²) in [6.07, 6.45) is 8.14. The Labute approximate surface area is 162 Å². The standard InChI is InChI=1S/C24H18N2O2/c27-23-24(15-17-7-11-25-12-8-17,16-18-9-13-26-14-10-18)20-5-1-3-19-4-2-6-21(28-23)22(19)20/h1-14H,15-16H2. The van der Waals surface area contributed by atoms with Gasteiger partial charge in [0.1, 0.15) is 11.2 Å². The van der Waals surface area contributed by atoms with Crippen LogP contribution in [0.5, 0.6) is 5.75 Å². The summed E-state index contributed by atoms with van der Waals surface area (Å²) in [6.45, 7) is 0. The van der Waals surface area contributed by atoms with Crippen LogP contribution in [0.25, 0.3) is 10.8 Å². The molecule has 2 aromatic heterocycles. The van der Waals surface area contributed by atoms with Crippen molar-refractivity contribution in [1.29, 1.82) is 0 Å². The van der Waals surface area contributed by atoms with Gasteiger partial charge in [-0.1, -0.05) is 30.3 Å². The van der Waals surface area contributed by atoms with Gasteiger partial charge in [0.15, 0.2) is 0 Å². The second kappa shape index (κ2) is 6.57. The topological polar surface area (TPSA) is 52.1 Å². The smallest absolute Gasteiger partial charge is 0.322 e. The summed E-state index contributed by atoms with van der Waals surface area (Å²) in [4.78, 5) is 21.7. The van der Waals surface area contributed by atoms with Crippen molar-refractivity contribution in [1.82, 2.24) is 9.97 Å². The van der Waals surface area contributed by atoms with Gasteiger partial charge in [-0.25, -0.2) is 0 Å². The van der Waals surface area contributed by atoms with Crippen LogP contribution >= 0.6 is 0 Å². The van der Waals surface area contributed by atoms with E-state index in [1.54, 1.807) is 24.8 Å². The number of hydrogen-bond acceptors (Lipinski definition) is 4. The molecule has 0 fully saturated rings. The first kappa shape index (κ1) is 16.6. The predicted molar refractivity (Wildman–Crippen MR) is 107 cm³/mol. The molecule has 0 saturated carbocycles. The van der Waals surface area contributed by atoms with E-state index >= 15 is 0 Å². The van der Waals surface area contributed by atoms with E-state index in [9.17, 15) is 4.79 Å². The first-order valence-electron chi connectivity index (χ1n) is 9.29. The number of esters is 1. The number of carbonyl (C=O) groups is 1. The lowest BCUT2D eigenvalue weighted by Gasteiger charge is -2.37. The summed E-state index contributed by atoms with van der Waals surface area (Å²) < 4.78 is 5.89. The van der Waals surface area contributed by atoms with Gasteiger partial charge in [0.05, 0.1) is 0 Å². The Bertz CT molecular complexity index is 1110. The molecule has 0 bridgehead atoms. The predicted octanol–water partition coefficient (Wildman–Crippen LogP) is 4.27. The van der Waals surface area contributed by atoms with Crippen LogP contribution in [0.15, 0.2) is 85.5 Å². The SMILES string of the molecule is O=C1Oc2cccc3cccc(c23)C1(Cc1ccncc1)Cc1ccncc1. The van der Waals surface area contributed by atoms with Gasteiger partial charge in [-0.3, -0.25) is 14.8 Å². The Morgan fingerprint density at radius 3 is 1.93 bits per heavy atom. The van der Waals surface area contributed by atoms with Gasteiger partial charge in [0, 0.05) is 30.2 Å². The normalized spacial score (nSPS) is 14.6. The van der Waals surface area contributed by atoms with E-state index in [0.29, 0.717) is 18.6 Å². The van der Waals surface area contributed by atoms with Crippen molar-refractivity contribution in [2.45, 2.75) is 18.3 Å². The van der Waals surface area contributed by atoms with E-state index in [4.69, 9.17) is 4.74 Å². The van der Waals surface area contributed by atoms with E-state index in [1.807, 2.05) is 42.5 Å². The molecule has 0 N–H and O–H groups in total. The Hall–Kier alpha value is -3.53.